The number of carbonyl (C=O) groups is 2. The van der Waals surface area contributed by atoms with Gasteiger partial charge in [-0.3, -0.25) is 9.78 Å². The minimum atomic E-state index is -0.532. The zero-order valence-corrected chi connectivity index (χ0v) is 24.0. The van der Waals surface area contributed by atoms with Crippen molar-refractivity contribution in [2.75, 3.05) is 23.7 Å². The highest BCUT2D eigenvalue weighted by Gasteiger charge is 2.28. The average Bonchev–Trinajstić information content (AvgIpc) is 3.42. The predicted molar refractivity (Wildman–Crippen MR) is 156 cm³/mol. The largest absolute Gasteiger partial charge is 0.444 e. The van der Waals surface area contributed by atoms with Crippen molar-refractivity contribution < 1.29 is 14.3 Å². The van der Waals surface area contributed by atoms with Crippen molar-refractivity contribution in [2.24, 2.45) is 0 Å². The van der Waals surface area contributed by atoms with Crippen LogP contribution < -0.4 is 10.6 Å². The van der Waals surface area contributed by atoms with Gasteiger partial charge >= 0.3 is 6.09 Å². The van der Waals surface area contributed by atoms with Gasteiger partial charge in [0.15, 0.2) is 5.69 Å². The van der Waals surface area contributed by atoms with Gasteiger partial charge in [-0.05, 0) is 65.0 Å². The summed E-state index contributed by atoms with van der Waals surface area (Å²) < 4.78 is 7.17. The number of aromatic nitrogens is 6. The molecule has 1 fully saturated rings. The first-order valence-electron chi connectivity index (χ1n) is 13.7. The molecule has 4 heterocycles. The Balaban J connectivity index is 1.24. The molecule has 214 valence electrons. The molecule has 41 heavy (non-hydrogen) atoms. The van der Waals surface area contributed by atoms with Crippen LogP contribution in [0.4, 0.5) is 16.4 Å². The number of carbonyl (C=O) groups excluding carboxylic acids is 2. The highest BCUT2D eigenvalue weighted by Crippen LogP contribution is 2.26. The molecular weight excluding hydrogens is 522 g/mol. The molecule has 0 spiro atoms. The van der Waals surface area contributed by atoms with Crippen molar-refractivity contribution >= 4 is 34.4 Å². The number of nitrogens with zero attached hydrogens (tertiary/aromatic N) is 7. The molecule has 2 N–H and O–H groups in total. The Morgan fingerprint density at radius 2 is 1.80 bits per heavy atom. The van der Waals surface area contributed by atoms with E-state index in [1.807, 2.05) is 58.9 Å². The summed E-state index contributed by atoms with van der Waals surface area (Å²) >= 11 is 0. The van der Waals surface area contributed by atoms with Gasteiger partial charge in [0, 0.05) is 36.3 Å². The lowest BCUT2D eigenvalue weighted by Crippen LogP contribution is -2.42. The van der Waals surface area contributed by atoms with Crippen LogP contribution in [0.1, 0.15) is 64.0 Å². The van der Waals surface area contributed by atoms with Gasteiger partial charge in [0.1, 0.15) is 17.2 Å². The average molecular weight is 558 g/mol. The van der Waals surface area contributed by atoms with Gasteiger partial charge < -0.3 is 20.3 Å². The molecule has 0 radical (unpaired) electrons. The maximum atomic E-state index is 13.0. The molecule has 12 heteroatoms. The molecule has 1 aliphatic heterocycles. The van der Waals surface area contributed by atoms with Crippen LogP contribution in [0.5, 0.6) is 0 Å². The molecule has 1 aliphatic rings. The van der Waals surface area contributed by atoms with Gasteiger partial charge in [-0.1, -0.05) is 17.3 Å². The Hall–Kier alpha value is -4.61. The lowest BCUT2D eigenvalue weighted by atomic mass is 10.1. The fraction of sp³-hybridized carbons (Fsp3) is 0.414. The van der Waals surface area contributed by atoms with Gasteiger partial charge in [-0.25, -0.2) is 19.4 Å². The lowest BCUT2D eigenvalue weighted by molar-refractivity contribution is 0.0184. The van der Waals surface area contributed by atoms with Gasteiger partial charge in [0.2, 0.25) is 0 Å². The summed E-state index contributed by atoms with van der Waals surface area (Å²) in [5, 5.41) is 16.2. The van der Waals surface area contributed by atoms with Crippen LogP contribution in [0.3, 0.4) is 0 Å². The smallest absolute Gasteiger partial charge is 0.410 e. The number of pyridine rings is 1. The first-order chi connectivity index (χ1) is 19.5. The van der Waals surface area contributed by atoms with Crippen LogP contribution in [0.2, 0.25) is 0 Å². The van der Waals surface area contributed by atoms with Crippen LogP contribution in [0.25, 0.3) is 22.0 Å². The first kappa shape index (κ1) is 27.9. The van der Waals surface area contributed by atoms with Crippen LogP contribution in [0, 0.1) is 0 Å². The number of rotatable bonds is 6. The van der Waals surface area contributed by atoms with Crippen molar-refractivity contribution in [1.29, 1.82) is 0 Å². The van der Waals surface area contributed by atoms with Crippen LogP contribution >= 0.6 is 0 Å². The molecule has 0 bridgehead atoms. The summed E-state index contributed by atoms with van der Waals surface area (Å²) in [6, 6.07) is 8.03. The van der Waals surface area contributed by atoms with E-state index in [9.17, 15) is 9.59 Å². The Morgan fingerprint density at radius 3 is 2.54 bits per heavy atom. The summed E-state index contributed by atoms with van der Waals surface area (Å²) in [5.41, 5.74) is 1.31. The monoisotopic (exact) mass is 557 g/mol. The molecule has 0 saturated carbocycles. The summed E-state index contributed by atoms with van der Waals surface area (Å²) in [7, 11) is 0. The van der Waals surface area contributed by atoms with E-state index in [2.05, 4.69) is 35.9 Å². The lowest BCUT2D eigenvalue weighted by Gasteiger charge is -2.33. The number of hydrogen-bond donors (Lipinski definition) is 2. The maximum absolute atomic E-state index is 13.0. The van der Waals surface area contributed by atoms with Crippen molar-refractivity contribution in [3.05, 3.63) is 54.7 Å². The van der Waals surface area contributed by atoms with Crippen molar-refractivity contribution in [1.82, 2.24) is 34.8 Å². The Bertz CT molecular complexity index is 1550. The second-order valence-corrected chi connectivity index (χ2v) is 11.5. The minimum absolute atomic E-state index is 0.0392. The molecule has 0 atom stereocenters. The van der Waals surface area contributed by atoms with Crippen molar-refractivity contribution in [3.8, 4) is 11.3 Å². The third kappa shape index (κ3) is 6.94. The zero-order valence-electron chi connectivity index (χ0n) is 24.0. The highest BCUT2D eigenvalue weighted by molar-refractivity contribution is 6.03. The van der Waals surface area contributed by atoms with E-state index in [0.717, 1.165) is 22.0 Å². The molecule has 0 unspecified atom stereocenters. The molecule has 5 rings (SSSR count). The molecule has 0 aliphatic carbocycles. The highest BCUT2D eigenvalue weighted by atomic mass is 16.6. The van der Waals surface area contributed by atoms with Gasteiger partial charge in [0.05, 0.1) is 30.3 Å². The van der Waals surface area contributed by atoms with E-state index in [-0.39, 0.29) is 23.9 Å². The Kier molecular flexibility index (Phi) is 7.82. The van der Waals surface area contributed by atoms with E-state index in [4.69, 9.17) is 4.74 Å². The van der Waals surface area contributed by atoms with Crippen molar-refractivity contribution in [2.45, 2.75) is 65.1 Å². The van der Waals surface area contributed by atoms with Crippen LogP contribution in [0.15, 0.2) is 49.1 Å². The summed E-state index contributed by atoms with van der Waals surface area (Å²) in [6.45, 7) is 10.8. The third-order valence-corrected chi connectivity index (χ3v) is 6.56. The number of nitrogens with one attached hydrogen (secondary N) is 2. The maximum Gasteiger partial charge on any atom is 0.410 e. The van der Waals surface area contributed by atoms with E-state index in [0.29, 0.717) is 37.6 Å². The van der Waals surface area contributed by atoms with Crippen molar-refractivity contribution in [3.63, 3.8) is 0 Å². The number of ether oxygens (including phenoxy) is 1. The first-order valence-corrected chi connectivity index (χ1v) is 13.7. The topological polar surface area (TPSA) is 140 Å². The third-order valence-electron chi connectivity index (χ3n) is 6.56. The number of anilines is 2. The fourth-order valence-corrected chi connectivity index (χ4v) is 4.62. The number of amides is 2. The van der Waals surface area contributed by atoms with Crippen LogP contribution in [-0.4, -0.2) is 71.6 Å². The molecule has 3 aromatic heterocycles. The molecule has 12 nitrogen and oxygen atoms in total. The second-order valence-electron chi connectivity index (χ2n) is 11.5. The molecule has 2 amide bonds. The Morgan fingerprint density at radius 1 is 1.02 bits per heavy atom. The minimum Gasteiger partial charge on any atom is -0.444 e. The summed E-state index contributed by atoms with van der Waals surface area (Å²) in [4.78, 5) is 40.4. The summed E-state index contributed by atoms with van der Waals surface area (Å²) in [6.07, 6.45) is 7.85. The van der Waals surface area contributed by atoms with E-state index in [1.165, 1.54) is 0 Å². The van der Waals surface area contributed by atoms with Crippen LogP contribution in [-0.2, 0) is 4.74 Å². The predicted octanol–water partition coefficient (Wildman–Crippen LogP) is 4.93. The number of hydrogen-bond acceptors (Lipinski definition) is 9. The fourth-order valence-electron chi connectivity index (χ4n) is 4.62. The molecule has 4 aromatic rings. The SMILES string of the molecule is CC(C)Nc1cncc(-c2ccc3cnc(NC(=O)c4cn(C5CCN(C(=O)OC(C)(C)C)CC5)nn4)cc3c2)n1. The number of benzene rings is 1. The van der Waals surface area contributed by atoms with Gasteiger partial charge in [-0.2, -0.15) is 0 Å². The van der Waals surface area contributed by atoms with E-state index >= 15 is 0 Å². The van der Waals surface area contributed by atoms with Gasteiger partial charge in [0.25, 0.3) is 5.91 Å². The standard InChI is InChI=1S/C29H35N9O3/c1-18(2)32-26-16-30-15-23(33-26)19-6-7-20-14-31-25(13-21(20)12-19)34-27(39)24-17-38(36-35-24)22-8-10-37(11-9-22)28(40)41-29(3,4)5/h6-7,12-18,22H,8-11H2,1-5H3,(H,32,33)(H,31,34,39). The van der Waals surface area contributed by atoms with Gasteiger partial charge in [-0.15, -0.1) is 5.10 Å². The summed E-state index contributed by atoms with van der Waals surface area (Å²) in [5.74, 6) is 0.715. The van der Waals surface area contributed by atoms with E-state index < -0.39 is 11.5 Å². The van der Waals surface area contributed by atoms with E-state index in [1.54, 1.807) is 34.4 Å². The quantitative estimate of drug-likeness (QED) is 0.338. The second kappa shape index (κ2) is 11.5. The molecule has 1 saturated heterocycles. The molecule has 1 aromatic carbocycles. The zero-order chi connectivity index (χ0) is 29.1. The molecular formula is C29H35N9O3. The Labute approximate surface area is 238 Å². The number of fused-ring (bicyclic) bond motifs is 1. The normalized spacial score (nSPS) is 14.3. The number of piperidine rings is 1. The number of likely N-dealkylation sites (tertiary alicyclic amines) is 1.